The first-order valence-corrected chi connectivity index (χ1v) is 11.5. The Labute approximate surface area is 215 Å². The van der Waals surface area contributed by atoms with Crippen LogP contribution in [-0.4, -0.2) is 22.4 Å². The zero-order valence-corrected chi connectivity index (χ0v) is 20.4. The largest absolute Gasteiger partial charge is 0.487 e. The Morgan fingerprint density at radius 1 is 0.972 bits per heavy atom. The molecule has 0 bridgehead atoms. The molecule has 1 heterocycles. The minimum Gasteiger partial charge on any atom is -0.487 e. The molecule has 1 aromatic heterocycles. The fourth-order valence-corrected chi connectivity index (χ4v) is 4.11. The molecule has 186 valence electrons. The highest BCUT2D eigenvalue weighted by atomic mass is 35.5. The Balaban J connectivity index is 1.60. The van der Waals surface area contributed by atoms with Gasteiger partial charge in [-0.25, -0.2) is 9.48 Å². The van der Waals surface area contributed by atoms with Crippen LogP contribution in [0, 0.1) is 0 Å². The number of alkyl halides is 3. The minimum atomic E-state index is -4.66. The van der Waals surface area contributed by atoms with Gasteiger partial charge in [0.15, 0.2) is 5.69 Å². The molecule has 0 aliphatic heterocycles. The maximum absolute atomic E-state index is 13.4. The molecule has 0 spiro atoms. The molecule has 0 aliphatic rings. The Morgan fingerprint density at radius 2 is 1.64 bits per heavy atom. The smallest absolute Gasteiger partial charge is 0.435 e. The summed E-state index contributed by atoms with van der Waals surface area (Å²) in [6.45, 7) is 1.76. The van der Waals surface area contributed by atoms with E-state index in [9.17, 15) is 18.0 Å². The fourth-order valence-electron chi connectivity index (χ4n) is 3.56. The molecule has 0 saturated heterocycles. The van der Waals surface area contributed by atoms with Crippen LogP contribution < -0.4 is 4.74 Å². The lowest BCUT2D eigenvalue weighted by Gasteiger charge is -2.13. The van der Waals surface area contributed by atoms with Gasteiger partial charge in [-0.15, -0.1) is 0 Å². The second kappa shape index (κ2) is 10.6. The van der Waals surface area contributed by atoms with Gasteiger partial charge in [-0.1, -0.05) is 59.6 Å². The topological polar surface area (TPSA) is 53.4 Å². The number of benzene rings is 3. The van der Waals surface area contributed by atoms with E-state index in [1.165, 1.54) is 12.1 Å². The van der Waals surface area contributed by atoms with Gasteiger partial charge in [0.25, 0.3) is 0 Å². The molecule has 0 N–H and O–H groups in total. The van der Waals surface area contributed by atoms with Crippen LogP contribution in [0.15, 0.2) is 72.8 Å². The standard InChI is InChI=1S/C26H19Cl2F3N2O3/c1-2-35-25(34)20-7-4-3-6-19(20)16-10-12-18(13-11-16)36-15-17-14-23(26(29,30)31)32-33(17)24-21(27)8-5-9-22(24)28/h3-14H,2,15H2,1H3. The Bertz CT molecular complexity index is 1370. The second-order valence-corrected chi connectivity index (χ2v) is 8.39. The van der Waals surface area contributed by atoms with Gasteiger partial charge in [0.2, 0.25) is 0 Å². The number of halogens is 5. The number of nitrogens with zero attached hydrogens (tertiary/aromatic N) is 2. The van der Waals surface area contributed by atoms with E-state index >= 15 is 0 Å². The van der Waals surface area contributed by atoms with Crippen LogP contribution in [0.3, 0.4) is 0 Å². The van der Waals surface area contributed by atoms with Crippen molar-refractivity contribution in [3.63, 3.8) is 0 Å². The van der Waals surface area contributed by atoms with E-state index in [2.05, 4.69) is 5.10 Å². The molecule has 4 rings (SSSR count). The zero-order valence-electron chi connectivity index (χ0n) is 18.9. The number of aromatic nitrogens is 2. The van der Waals surface area contributed by atoms with E-state index in [4.69, 9.17) is 32.7 Å². The molecular formula is C26H19Cl2F3N2O3. The minimum absolute atomic E-state index is 0.106. The average Bonchev–Trinajstić information content (AvgIpc) is 3.27. The molecule has 0 unspecified atom stereocenters. The van der Waals surface area contributed by atoms with Crippen molar-refractivity contribution in [2.45, 2.75) is 19.7 Å². The van der Waals surface area contributed by atoms with E-state index in [0.29, 0.717) is 16.9 Å². The van der Waals surface area contributed by atoms with Crippen LogP contribution in [0.5, 0.6) is 5.75 Å². The van der Waals surface area contributed by atoms with Crippen molar-refractivity contribution < 1.29 is 27.4 Å². The quantitative estimate of drug-likeness (QED) is 0.229. The number of carbonyl (C=O) groups is 1. The number of ether oxygens (including phenoxy) is 2. The van der Waals surface area contributed by atoms with Crippen molar-refractivity contribution in [3.05, 3.63) is 99.8 Å². The van der Waals surface area contributed by atoms with Crippen molar-refractivity contribution in [1.82, 2.24) is 9.78 Å². The van der Waals surface area contributed by atoms with Crippen molar-refractivity contribution in [1.29, 1.82) is 0 Å². The summed E-state index contributed by atoms with van der Waals surface area (Å²) < 4.78 is 52.1. The van der Waals surface area contributed by atoms with E-state index in [1.54, 1.807) is 55.5 Å². The molecule has 0 radical (unpaired) electrons. The summed E-state index contributed by atoms with van der Waals surface area (Å²) in [6.07, 6.45) is -4.66. The van der Waals surface area contributed by atoms with Crippen molar-refractivity contribution in [3.8, 4) is 22.6 Å². The Morgan fingerprint density at radius 3 is 2.28 bits per heavy atom. The highest BCUT2D eigenvalue weighted by molar-refractivity contribution is 6.37. The molecule has 0 amide bonds. The van der Waals surface area contributed by atoms with E-state index in [0.717, 1.165) is 16.3 Å². The molecule has 36 heavy (non-hydrogen) atoms. The number of hydrogen-bond acceptors (Lipinski definition) is 4. The van der Waals surface area contributed by atoms with E-state index in [-0.39, 0.29) is 34.6 Å². The lowest BCUT2D eigenvalue weighted by Crippen LogP contribution is -2.09. The summed E-state index contributed by atoms with van der Waals surface area (Å²) in [7, 11) is 0. The third-order valence-corrected chi connectivity index (χ3v) is 5.81. The Hall–Kier alpha value is -3.49. The molecule has 0 fully saturated rings. The first-order valence-electron chi connectivity index (χ1n) is 10.8. The van der Waals surface area contributed by atoms with Crippen LogP contribution in [0.4, 0.5) is 13.2 Å². The van der Waals surface area contributed by atoms with Crippen molar-refractivity contribution >= 4 is 29.2 Å². The van der Waals surface area contributed by atoms with Crippen LogP contribution in [0.1, 0.15) is 28.7 Å². The molecule has 10 heteroatoms. The third-order valence-electron chi connectivity index (χ3n) is 5.20. The first kappa shape index (κ1) is 25.6. The zero-order chi connectivity index (χ0) is 25.9. The summed E-state index contributed by atoms with van der Waals surface area (Å²) in [4.78, 5) is 12.3. The highest BCUT2D eigenvalue weighted by Gasteiger charge is 2.35. The van der Waals surface area contributed by atoms with Crippen molar-refractivity contribution in [2.75, 3.05) is 6.61 Å². The predicted molar refractivity (Wildman–Crippen MR) is 131 cm³/mol. The number of hydrogen-bond donors (Lipinski definition) is 0. The van der Waals surface area contributed by atoms with Gasteiger partial charge in [-0.05, 0) is 54.4 Å². The van der Waals surface area contributed by atoms with Crippen molar-refractivity contribution in [2.24, 2.45) is 0 Å². The molecule has 0 aliphatic carbocycles. The van der Waals surface area contributed by atoms with Gasteiger partial charge in [0.1, 0.15) is 18.0 Å². The van der Waals surface area contributed by atoms with Gasteiger partial charge in [-0.3, -0.25) is 0 Å². The average molecular weight is 535 g/mol. The van der Waals surface area contributed by atoms with Crippen LogP contribution in [0.25, 0.3) is 16.8 Å². The van der Waals surface area contributed by atoms with Crippen LogP contribution in [-0.2, 0) is 17.5 Å². The molecule has 3 aromatic carbocycles. The molecule has 0 atom stereocenters. The van der Waals surface area contributed by atoms with Gasteiger partial charge in [-0.2, -0.15) is 18.3 Å². The number of esters is 1. The fraction of sp³-hybridized carbons (Fsp3) is 0.154. The monoisotopic (exact) mass is 534 g/mol. The highest BCUT2D eigenvalue weighted by Crippen LogP contribution is 2.34. The Kier molecular flexibility index (Phi) is 7.56. The summed E-state index contributed by atoms with van der Waals surface area (Å²) in [5.41, 5.74) is 0.994. The first-order chi connectivity index (χ1) is 17.2. The maximum Gasteiger partial charge on any atom is 0.435 e. The number of carbonyl (C=O) groups excluding carboxylic acids is 1. The SMILES string of the molecule is CCOC(=O)c1ccccc1-c1ccc(OCc2cc(C(F)(F)F)nn2-c2c(Cl)cccc2Cl)cc1. The molecule has 0 saturated carbocycles. The second-order valence-electron chi connectivity index (χ2n) is 7.58. The van der Waals surface area contributed by atoms with Crippen LogP contribution >= 0.6 is 23.2 Å². The summed E-state index contributed by atoms with van der Waals surface area (Å²) in [5, 5.41) is 3.97. The normalized spacial score (nSPS) is 11.4. The number of rotatable bonds is 7. The van der Waals surface area contributed by atoms with Gasteiger partial charge in [0.05, 0.1) is 27.9 Å². The van der Waals surface area contributed by atoms with Crippen LogP contribution in [0.2, 0.25) is 10.0 Å². The summed E-state index contributed by atoms with van der Waals surface area (Å²) in [5.74, 6) is -0.0284. The maximum atomic E-state index is 13.4. The summed E-state index contributed by atoms with van der Waals surface area (Å²) >= 11 is 12.4. The van der Waals surface area contributed by atoms with Gasteiger partial charge in [0, 0.05) is 0 Å². The van der Waals surface area contributed by atoms with E-state index in [1.807, 2.05) is 6.07 Å². The lowest BCUT2D eigenvalue weighted by atomic mass is 10.00. The van der Waals surface area contributed by atoms with Gasteiger partial charge < -0.3 is 9.47 Å². The summed E-state index contributed by atoms with van der Waals surface area (Å²) in [6, 6.07) is 19.3. The molecule has 4 aromatic rings. The molecule has 5 nitrogen and oxygen atoms in total. The van der Waals surface area contributed by atoms with E-state index < -0.39 is 17.8 Å². The number of para-hydroxylation sites is 1. The molecular weight excluding hydrogens is 516 g/mol. The third kappa shape index (κ3) is 5.50. The lowest BCUT2D eigenvalue weighted by molar-refractivity contribution is -0.141. The predicted octanol–water partition coefficient (Wildman–Crippen LogP) is 7.62. The van der Waals surface area contributed by atoms with Gasteiger partial charge >= 0.3 is 12.1 Å².